The SMILES string of the molecule is Cc1cc(OCC(=O)Nc2cccc(C#N)c2)c2c3c(c(=O)oc2c1)CCCC3. The number of aryl methyl sites for hydroxylation is 2. The van der Waals surface area contributed by atoms with Gasteiger partial charge in [0.15, 0.2) is 6.61 Å². The van der Waals surface area contributed by atoms with Gasteiger partial charge >= 0.3 is 5.63 Å². The standard InChI is InChI=1S/C23H20N2O4/c1-14-9-19(28-13-21(26)25-16-6-4-5-15(11-16)12-24)22-17-7-2-3-8-18(17)23(27)29-20(22)10-14/h4-6,9-11H,2-3,7-8,13H2,1H3,(H,25,26). The minimum atomic E-state index is -0.332. The van der Waals surface area contributed by atoms with Crippen LogP contribution in [0.1, 0.15) is 35.1 Å². The van der Waals surface area contributed by atoms with Gasteiger partial charge in [0.2, 0.25) is 0 Å². The molecule has 1 N–H and O–H groups in total. The molecule has 0 radical (unpaired) electrons. The Labute approximate surface area is 167 Å². The van der Waals surface area contributed by atoms with Crippen LogP contribution in [0.15, 0.2) is 45.6 Å². The summed E-state index contributed by atoms with van der Waals surface area (Å²) in [6.07, 6.45) is 3.48. The number of rotatable bonds is 4. The van der Waals surface area contributed by atoms with Gasteiger partial charge in [0.1, 0.15) is 11.3 Å². The van der Waals surface area contributed by atoms with E-state index in [2.05, 4.69) is 5.32 Å². The molecule has 0 spiro atoms. The quantitative estimate of drug-likeness (QED) is 0.685. The summed E-state index contributed by atoms with van der Waals surface area (Å²) in [6, 6.07) is 12.4. The predicted molar refractivity (Wildman–Crippen MR) is 109 cm³/mol. The van der Waals surface area contributed by atoms with E-state index < -0.39 is 0 Å². The van der Waals surface area contributed by atoms with Crippen molar-refractivity contribution in [3.8, 4) is 11.8 Å². The molecule has 6 nitrogen and oxygen atoms in total. The van der Waals surface area contributed by atoms with Crippen LogP contribution in [0.3, 0.4) is 0 Å². The molecule has 0 aliphatic heterocycles. The highest BCUT2D eigenvalue weighted by Gasteiger charge is 2.21. The van der Waals surface area contributed by atoms with E-state index in [0.717, 1.165) is 41.3 Å². The third kappa shape index (κ3) is 3.85. The Kier molecular flexibility index (Phi) is 5.05. The summed E-state index contributed by atoms with van der Waals surface area (Å²) >= 11 is 0. The van der Waals surface area contributed by atoms with E-state index in [-0.39, 0.29) is 18.1 Å². The summed E-state index contributed by atoms with van der Waals surface area (Å²) in [5, 5.41) is 12.5. The highest BCUT2D eigenvalue weighted by Crippen LogP contribution is 2.34. The van der Waals surface area contributed by atoms with Gasteiger partial charge in [0, 0.05) is 11.3 Å². The van der Waals surface area contributed by atoms with Gasteiger partial charge in [0.05, 0.1) is 17.0 Å². The molecular weight excluding hydrogens is 368 g/mol. The van der Waals surface area contributed by atoms with Crippen molar-refractivity contribution in [2.24, 2.45) is 0 Å². The number of fused-ring (bicyclic) bond motifs is 3. The third-order valence-corrected chi connectivity index (χ3v) is 5.06. The molecule has 0 bridgehead atoms. The van der Waals surface area contributed by atoms with Crippen LogP contribution < -0.4 is 15.7 Å². The normalized spacial score (nSPS) is 12.8. The average Bonchev–Trinajstić information content (AvgIpc) is 2.72. The lowest BCUT2D eigenvalue weighted by atomic mass is 9.90. The zero-order valence-corrected chi connectivity index (χ0v) is 16.1. The number of nitriles is 1. The van der Waals surface area contributed by atoms with E-state index in [4.69, 9.17) is 14.4 Å². The molecule has 2 aromatic carbocycles. The van der Waals surface area contributed by atoms with E-state index in [1.807, 2.05) is 25.1 Å². The first kappa shape index (κ1) is 18.8. The smallest absolute Gasteiger partial charge is 0.339 e. The summed E-state index contributed by atoms with van der Waals surface area (Å²) in [7, 11) is 0. The Morgan fingerprint density at radius 3 is 2.79 bits per heavy atom. The van der Waals surface area contributed by atoms with Crippen LogP contribution in [0.5, 0.6) is 5.75 Å². The van der Waals surface area contributed by atoms with Crippen molar-refractivity contribution in [3.05, 3.63) is 69.1 Å². The number of carbonyl (C=O) groups excluding carboxylic acids is 1. The van der Waals surface area contributed by atoms with Gasteiger partial charge in [-0.1, -0.05) is 6.07 Å². The van der Waals surface area contributed by atoms with Gasteiger partial charge in [-0.05, 0) is 74.1 Å². The Morgan fingerprint density at radius 2 is 2.00 bits per heavy atom. The molecule has 29 heavy (non-hydrogen) atoms. The number of benzene rings is 2. The number of hydrogen-bond acceptors (Lipinski definition) is 5. The summed E-state index contributed by atoms with van der Waals surface area (Å²) in [6.45, 7) is 1.70. The summed E-state index contributed by atoms with van der Waals surface area (Å²) in [4.78, 5) is 24.7. The highest BCUT2D eigenvalue weighted by molar-refractivity contribution is 5.93. The fourth-order valence-electron chi connectivity index (χ4n) is 3.79. The Balaban J connectivity index is 1.61. The lowest BCUT2D eigenvalue weighted by Crippen LogP contribution is -2.21. The second-order valence-corrected chi connectivity index (χ2v) is 7.22. The molecule has 1 aliphatic carbocycles. The fraction of sp³-hybridized carbons (Fsp3) is 0.261. The first-order valence-corrected chi connectivity index (χ1v) is 9.57. The summed E-state index contributed by atoms with van der Waals surface area (Å²) < 4.78 is 11.4. The molecule has 1 aromatic heterocycles. The van der Waals surface area contributed by atoms with Crippen LogP contribution in [0.4, 0.5) is 5.69 Å². The predicted octanol–water partition coefficient (Wildman–Crippen LogP) is 3.87. The van der Waals surface area contributed by atoms with E-state index >= 15 is 0 Å². The maximum absolute atomic E-state index is 12.4. The van der Waals surface area contributed by atoms with E-state index in [0.29, 0.717) is 29.0 Å². The third-order valence-electron chi connectivity index (χ3n) is 5.06. The van der Waals surface area contributed by atoms with Crippen LogP contribution in [0, 0.1) is 18.3 Å². The Bertz CT molecular complexity index is 1200. The average molecular weight is 388 g/mol. The Hall–Kier alpha value is -3.59. The number of nitrogens with zero attached hydrogens (tertiary/aromatic N) is 1. The zero-order chi connectivity index (χ0) is 20.4. The van der Waals surface area contributed by atoms with Crippen molar-refractivity contribution in [3.63, 3.8) is 0 Å². The number of amides is 1. The van der Waals surface area contributed by atoms with Gasteiger partial charge in [-0.2, -0.15) is 5.26 Å². The second-order valence-electron chi connectivity index (χ2n) is 7.22. The molecule has 0 unspecified atom stereocenters. The van der Waals surface area contributed by atoms with Crippen LogP contribution in [-0.2, 0) is 17.6 Å². The van der Waals surface area contributed by atoms with Gasteiger partial charge in [-0.3, -0.25) is 4.79 Å². The molecule has 1 aliphatic rings. The largest absolute Gasteiger partial charge is 0.483 e. The van der Waals surface area contributed by atoms with Crippen molar-refractivity contribution in [2.45, 2.75) is 32.6 Å². The maximum atomic E-state index is 12.4. The lowest BCUT2D eigenvalue weighted by Gasteiger charge is -2.19. The Morgan fingerprint density at radius 1 is 1.21 bits per heavy atom. The first-order valence-electron chi connectivity index (χ1n) is 9.57. The molecule has 0 saturated carbocycles. The van der Waals surface area contributed by atoms with Crippen LogP contribution in [-0.4, -0.2) is 12.5 Å². The number of nitrogens with one attached hydrogen (secondary N) is 1. The number of carbonyl (C=O) groups is 1. The van der Waals surface area contributed by atoms with Crippen LogP contribution >= 0.6 is 0 Å². The van der Waals surface area contributed by atoms with Crippen molar-refractivity contribution in [2.75, 3.05) is 11.9 Å². The van der Waals surface area contributed by atoms with E-state index in [9.17, 15) is 9.59 Å². The molecule has 0 fully saturated rings. The lowest BCUT2D eigenvalue weighted by molar-refractivity contribution is -0.118. The minimum absolute atomic E-state index is 0.191. The van der Waals surface area contributed by atoms with Crippen molar-refractivity contribution < 1.29 is 13.9 Å². The molecule has 0 saturated heterocycles. The zero-order valence-electron chi connectivity index (χ0n) is 16.1. The molecule has 1 heterocycles. The highest BCUT2D eigenvalue weighted by atomic mass is 16.5. The van der Waals surface area contributed by atoms with E-state index in [1.165, 1.54) is 0 Å². The topological polar surface area (TPSA) is 92.3 Å². The van der Waals surface area contributed by atoms with Crippen molar-refractivity contribution >= 4 is 22.6 Å². The summed E-state index contributed by atoms with van der Waals surface area (Å²) in [5.74, 6) is 0.212. The maximum Gasteiger partial charge on any atom is 0.339 e. The fourth-order valence-corrected chi connectivity index (χ4v) is 3.79. The van der Waals surface area contributed by atoms with Gasteiger partial charge < -0.3 is 14.5 Å². The number of anilines is 1. The van der Waals surface area contributed by atoms with Crippen molar-refractivity contribution in [1.29, 1.82) is 5.26 Å². The molecular formula is C23H20N2O4. The monoisotopic (exact) mass is 388 g/mol. The molecule has 3 aromatic rings. The van der Waals surface area contributed by atoms with Crippen molar-refractivity contribution in [1.82, 2.24) is 0 Å². The van der Waals surface area contributed by atoms with Crippen LogP contribution in [0.25, 0.3) is 11.0 Å². The van der Waals surface area contributed by atoms with Gasteiger partial charge in [0.25, 0.3) is 5.91 Å². The van der Waals surface area contributed by atoms with E-state index in [1.54, 1.807) is 24.3 Å². The minimum Gasteiger partial charge on any atom is -0.483 e. The number of ether oxygens (including phenoxy) is 1. The molecule has 6 heteroatoms. The number of hydrogen-bond donors (Lipinski definition) is 1. The second kappa shape index (κ2) is 7.80. The summed E-state index contributed by atoms with van der Waals surface area (Å²) in [5.41, 5.74) is 3.79. The molecule has 0 atom stereocenters. The van der Waals surface area contributed by atoms with Crippen LogP contribution in [0.2, 0.25) is 0 Å². The molecule has 1 amide bonds. The first-order chi connectivity index (χ1) is 14.0. The molecule has 4 rings (SSSR count). The molecule has 146 valence electrons. The van der Waals surface area contributed by atoms with Gasteiger partial charge in [-0.25, -0.2) is 4.79 Å². The van der Waals surface area contributed by atoms with Gasteiger partial charge in [-0.15, -0.1) is 0 Å².